The van der Waals surface area contributed by atoms with Crippen LogP contribution in [0.3, 0.4) is 0 Å². The number of methoxy groups -OCH3 is 1. The van der Waals surface area contributed by atoms with Crippen LogP contribution in [0.1, 0.15) is 31.7 Å². The Balaban J connectivity index is 1.82. The van der Waals surface area contributed by atoms with Gasteiger partial charge < -0.3 is 19.7 Å². The molecule has 0 aromatic heterocycles. The van der Waals surface area contributed by atoms with E-state index in [4.69, 9.17) is 4.74 Å². The molecule has 1 saturated heterocycles. The van der Waals surface area contributed by atoms with E-state index in [1.807, 2.05) is 18.2 Å². The number of hydrogen-bond donors (Lipinski definition) is 1. The minimum Gasteiger partial charge on any atom is -0.633 e. The number of aromatic hydroxyl groups is 1. The molecule has 1 N–H and O–H groups in total. The van der Waals surface area contributed by atoms with Crippen LogP contribution in [-0.4, -0.2) is 53.9 Å². The molecule has 0 unspecified atom stereocenters. The number of amides is 1. The SMILES string of the molecule is CCC(=O)N(c1ccccc1)C1(C(=O)OC)CC[N+]([O-])(CCc2ccc(O)cc2)CC1. The number of benzene rings is 2. The number of nitrogens with zero attached hydrogens (tertiary/aromatic N) is 2. The minimum atomic E-state index is -1.19. The molecule has 3 rings (SSSR count). The van der Waals surface area contributed by atoms with Gasteiger partial charge in [0.1, 0.15) is 5.75 Å². The van der Waals surface area contributed by atoms with E-state index < -0.39 is 16.2 Å². The lowest BCUT2D eigenvalue weighted by atomic mass is 9.84. The number of likely N-dealkylation sites (tertiary alicyclic amines) is 1. The second-order valence-electron chi connectivity index (χ2n) is 8.09. The van der Waals surface area contributed by atoms with Crippen LogP contribution in [0.4, 0.5) is 5.69 Å². The molecule has 1 aliphatic rings. The lowest BCUT2D eigenvalue weighted by Crippen LogP contribution is -2.65. The van der Waals surface area contributed by atoms with Gasteiger partial charge in [0, 0.05) is 31.4 Å². The van der Waals surface area contributed by atoms with Crippen LogP contribution in [0.15, 0.2) is 54.6 Å². The summed E-state index contributed by atoms with van der Waals surface area (Å²) in [6.45, 7) is 2.56. The maximum Gasteiger partial charge on any atom is 0.332 e. The quantitative estimate of drug-likeness (QED) is 0.416. The van der Waals surface area contributed by atoms with Crippen LogP contribution < -0.4 is 4.90 Å². The highest BCUT2D eigenvalue weighted by Gasteiger charge is 2.52. The molecule has 31 heavy (non-hydrogen) atoms. The van der Waals surface area contributed by atoms with E-state index in [0.29, 0.717) is 18.7 Å². The third-order valence-electron chi connectivity index (χ3n) is 6.17. The first-order valence-corrected chi connectivity index (χ1v) is 10.6. The normalized spacial score (nSPS) is 23.2. The van der Waals surface area contributed by atoms with Gasteiger partial charge in [0.2, 0.25) is 5.91 Å². The van der Waals surface area contributed by atoms with Gasteiger partial charge in [0.15, 0.2) is 5.54 Å². The van der Waals surface area contributed by atoms with Crippen LogP contribution >= 0.6 is 0 Å². The van der Waals surface area contributed by atoms with Crippen molar-refractivity contribution in [2.75, 3.05) is 31.6 Å². The number of rotatable bonds is 7. The molecule has 1 fully saturated rings. The number of quaternary nitrogens is 1. The summed E-state index contributed by atoms with van der Waals surface area (Å²) in [5, 5.41) is 22.8. The molecule has 0 aliphatic carbocycles. The minimum absolute atomic E-state index is 0.174. The van der Waals surface area contributed by atoms with E-state index in [1.54, 1.807) is 48.2 Å². The molecule has 2 aromatic rings. The smallest absolute Gasteiger partial charge is 0.332 e. The Hall–Kier alpha value is -2.90. The van der Waals surface area contributed by atoms with Crippen molar-refractivity contribution in [1.29, 1.82) is 0 Å². The lowest BCUT2D eigenvalue weighted by Gasteiger charge is -2.53. The summed E-state index contributed by atoms with van der Waals surface area (Å²) in [6.07, 6.45) is 1.29. The van der Waals surface area contributed by atoms with Gasteiger partial charge in [-0.3, -0.25) is 9.69 Å². The average Bonchev–Trinajstić information content (AvgIpc) is 2.80. The predicted octanol–water partition coefficient (Wildman–Crippen LogP) is 3.40. The number of para-hydroxylation sites is 1. The predicted molar refractivity (Wildman–Crippen MR) is 118 cm³/mol. The molecule has 1 amide bonds. The number of anilines is 1. The third kappa shape index (κ3) is 4.89. The highest BCUT2D eigenvalue weighted by Crippen LogP contribution is 2.37. The Morgan fingerprint density at radius 2 is 1.71 bits per heavy atom. The van der Waals surface area contributed by atoms with Gasteiger partial charge >= 0.3 is 5.97 Å². The highest BCUT2D eigenvalue weighted by atomic mass is 16.5. The van der Waals surface area contributed by atoms with Gasteiger partial charge in [-0.05, 0) is 29.8 Å². The molecular formula is C24H30N2O5. The van der Waals surface area contributed by atoms with Gasteiger partial charge in [-0.25, -0.2) is 4.79 Å². The third-order valence-corrected chi connectivity index (χ3v) is 6.17. The van der Waals surface area contributed by atoms with Crippen LogP contribution in [-0.2, 0) is 20.7 Å². The second-order valence-corrected chi connectivity index (χ2v) is 8.09. The van der Waals surface area contributed by atoms with Gasteiger partial charge in [0.05, 0.1) is 26.7 Å². The number of ether oxygens (including phenoxy) is 1. The fourth-order valence-corrected chi connectivity index (χ4v) is 4.31. The van der Waals surface area contributed by atoms with Crippen molar-refractivity contribution in [3.63, 3.8) is 0 Å². The Bertz CT molecular complexity index is 890. The number of carbonyl (C=O) groups excluding carboxylic acids is 2. The standard InChI is InChI=1S/C24H30N2O5/c1-3-22(28)25(20-7-5-4-6-8-20)24(23(29)31-2)14-17-26(30,18-15-24)16-13-19-9-11-21(27)12-10-19/h4-12,27H,3,13-18H2,1-2H3. The van der Waals surface area contributed by atoms with Gasteiger partial charge in [-0.1, -0.05) is 37.3 Å². The Morgan fingerprint density at radius 1 is 1.10 bits per heavy atom. The Labute approximate surface area is 183 Å². The molecule has 1 aliphatic heterocycles. The summed E-state index contributed by atoms with van der Waals surface area (Å²) < 4.78 is 4.71. The lowest BCUT2D eigenvalue weighted by molar-refractivity contribution is -0.886. The molecule has 7 nitrogen and oxygen atoms in total. The molecule has 166 valence electrons. The number of phenolic OH excluding ortho intramolecular Hbond substituents is 1. The summed E-state index contributed by atoms with van der Waals surface area (Å²) in [4.78, 5) is 27.5. The average molecular weight is 427 g/mol. The fourth-order valence-electron chi connectivity index (χ4n) is 4.31. The number of phenols is 1. The zero-order valence-electron chi connectivity index (χ0n) is 18.1. The van der Waals surface area contributed by atoms with E-state index in [9.17, 15) is 19.9 Å². The molecule has 7 heteroatoms. The summed E-state index contributed by atoms with van der Waals surface area (Å²) in [6, 6.07) is 15.9. The molecule has 0 atom stereocenters. The van der Waals surface area contributed by atoms with E-state index in [2.05, 4.69) is 0 Å². The van der Waals surface area contributed by atoms with Gasteiger partial charge in [0.25, 0.3) is 0 Å². The highest BCUT2D eigenvalue weighted by molar-refractivity contribution is 6.02. The number of hydroxylamine groups is 3. The topological polar surface area (TPSA) is 89.9 Å². The molecule has 2 aromatic carbocycles. The molecule has 0 radical (unpaired) electrons. The fraction of sp³-hybridized carbons (Fsp3) is 0.417. The van der Waals surface area contributed by atoms with Crippen molar-refractivity contribution >= 4 is 17.6 Å². The number of esters is 1. The van der Waals surface area contributed by atoms with Crippen LogP contribution in [0.5, 0.6) is 5.75 Å². The zero-order valence-corrected chi connectivity index (χ0v) is 18.1. The van der Waals surface area contributed by atoms with Crippen molar-refractivity contribution in [1.82, 2.24) is 0 Å². The maximum absolute atomic E-state index is 13.4. The van der Waals surface area contributed by atoms with Crippen LogP contribution in [0.25, 0.3) is 0 Å². The zero-order chi connectivity index (χ0) is 22.5. The van der Waals surface area contributed by atoms with Crippen molar-refractivity contribution in [2.24, 2.45) is 0 Å². The maximum atomic E-state index is 13.4. The summed E-state index contributed by atoms with van der Waals surface area (Å²) in [5.41, 5.74) is 0.422. The Kier molecular flexibility index (Phi) is 6.97. The van der Waals surface area contributed by atoms with E-state index in [1.165, 1.54) is 7.11 Å². The van der Waals surface area contributed by atoms with Gasteiger partial charge in [-0.15, -0.1) is 0 Å². The summed E-state index contributed by atoms with van der Waals surface area (Å²) in [7, 11) is 1.32. The molecule has 0 spiro atoms. The summed E-state index contributed by atoms with van der Waals surface area (Å²) in [5.74, 6) is -0.466. The second kappa shape index (κ2) is 9.49. The van der Waals surface area contributed by atoms with Crippen LogP contribution in [0.2, 0.25) is 0 Å². The van der Waals surface area contributed by atoms with E-state index in [-0.39, 0.29) is 44.0 Å². The number of carbonyl (C=O) groups is 2. The molecule has 0 bridgehead atoms. The number of piperidine rings is 1. The largest absolute Gasteiger partial charge is 0.633 e. The van der Waals surface area contributed by atoms with E-state index >= 15 is 0 Å². The van der Waals surface area contributed by atoms with Crippen molar-refractivity contribution in [3.8, 4) is 5.75 Å². The van der Waals surface area contributed by atoms with Crippen molar-refractivity contribution in [2.45, 2.75) is 38.1 Å². The monoisotopic (exact) mass is 426 g/mol. The molecule has 1 heterocycles. The molecule has 0 saturated carbocycles. The Morgan fingerprint density at radius 3 is 2.26 bits per heavy atom. The first-order valence-electron chi connectivity index (χ1n) is 10.6. The van der Waals surface area contributed by atoms with Crippen molar-refractivity contribution < 1.29 is 24.1 Å². The summed E-state index contributed by atoms with van der Waals surface area (Å²) >= 11 is 0. The molecular weight excluding hydrogens is 396 g/mol. The van der Waals surface area contributed by atoms with E-state index in [0.717, 1.165) is 5.56 Å². The van der Waals surface area contributed by atoms with Gasteiger partial charge in [-0.2, -0.15) is 0 Å². The van der Waals surface area contributed by atoms with Crippen LogP contribution in [0, 0.1) is 5.21 Å². The number of hydrogen-bond acceptors (Lipinski definition) is 5. The van der Waals surface area contributed by atoms with Crippen molar-refractivity contribution in [3.05, 3.63) is 65.4 Å². The first-order chi connectivity index (χ1) is 14.8. The first kappa shape index (κ1) is 22.8.